The third kappa shape index (κ3) is 3.81. The second-order valence-corrected chi connectivity index (χ2v) is 7.53. The molecule has 4 rings (SSSR count). The predicted molar refractivity (Wildman–Crippen MR) is 115 cm³/mol. The number of Topliss-reactive ketones (excluding diaryl/α,β-unsaturated/α-hetero) is 1. The van der Waals surface area contributed by atoms with Crippen LogP contribution in [0, 0.1) is 10.1 Å². The van der Waals surface area contributed by atoms with Crippen molar-refractivity contribution in [2.24, 2.45) is 0 Å². The van der Waals surface area contributed by atoms with Crippen molar-refractivity contribution in [3.05, 3.63) is 80.1 Å². The molecule has 0 radical (unpaired) electrons. The molecule has 1 fully saturated rings. The fourth-order valence-electron chi connectivity index (χ4n) is 3.87. The summed E-state index contributed by atoms with van der Waals surface area (Å²) in [7, 11) is 2.05. The van der Waals surface area contributed by atoms with Crippen molar-refractivity contribution >= 4 is 17.2 Å². The van der Waals surface area contributed by atoms with E-state index in [2.05, 4.69) is 21.8 Å². The number of rotatable bonds is 5. The summed E-state index contributed by atoms with van der Waals surface area (Å²) in [6.45, 7) is 3.42. The molecule has 8 heteroatoms. The van der Waals surface area contributed by atoms with E-state index in [0.717, 1.165) is 31.9 Å². The largest absolute Gasteiger partial charge is 0.369 e. The molecule has 1 aliphatic carbocycles. The van der Waals surface area contributed by atoms with Gasteiger partial charge >= 0.3 is 0 Å². The van der Waals surface area contributed by atoms with E-state index in [1.165, 1.54) is 6.07 Å². The van der Waals surface area contributed by atoms with Gasteiger partial charge in [0.05, 0.1) is 10.5 Å². The van der Waals surface area contributed by atoms with Gasteiger partial charge in [0, 0.05) is 61.2 Å². The molecule has 0 atom stereocenters. The van der Waals surface area contributed by atoms with Crippen LogP contribution in [0.4, 0.5) is 11.4 Å². The number of nitro benzene ring substituents is 1. The lowest BCUT2D eigenvalue weighted by molar-refractivity contribution is -0.385. The summed E-state index contributed by atoms with van der Waals surface area (Å²) in [5.74, 6) is -0.434. The van der Waals surface area contributed by atoms with Crippen molar-refractivity contribution in [1.82, 2.24) is 9.88 Å². The number of hydrogen-bond acceptors (Lipinski definition) is 6. The van der Waals surface area contributed by atoms with E-state index < -0.39 is 16.3 Å². The first-order valence-electron chi connectivity index (χ1n) is 9.79. The van der Waals surface area contributed by atoms with Gasteiger partial charge in [-0.05, 0) is 25.2 Å². The van der Waals surface area contributed by atoms with Crippen molar-refractivity contribution in [2.75, 3.05) is 38.1 Å². The number of ketones is 1. The minimum Gasteiger partial charge on any atom is -0.369 e. The van der Waals surface area contributed by atoms with Crippen LogP contribution < -0.4 is 10.5 Å². The summed E-state index contributed by atoms with van der Waals surface area (Å²) in [5.41, 5.74) is 1.71. The van der Waals surface area contributed by atoms with Gasteiger partial charge in [0.15, 0.2) is 5.78 Å². The highest BCUT2D eigenvalue weighted by Crippen LogP contribution is 2.28. The standard InChI is InChI=1S/C22H22N4O4/c1-24-9-11-25(12-10-24)16-7-8-19(26(29)30)15(13-16)14-20(27)21-17-5-3-2-4-6-18(17)23-22(21)28/h2-8,13H,9-12,14H2,1H3,(H,23,28). The summed E-state index contributed by atoms with van der Waals surface area (Å²) in [6.07, 6.45) is -0.210. The van der Waals surface area contributed by atoms with Gasteiger partial charge in [0.25, 0.3) is 11.2 Å². The van der Waals surface area contributed by atoms with Crippen molar-refractivity contribution in [1.29, 1.82) is 0 Å². The normalized spacial score (nSPS) is 14.8. The third-order valence-corrected chi connectivity index (χ3v) is 5.54. The summed E-state index contributed by atoms with van der Waals surface area (Å²) in [5, 5.41) is 11.5. The van der Waals surface area contributed by atoms with E-state index in [-0.39, 0.29) is 17.7 Å². The van der Waals surface area contributed by atoms with Crippen LogP contribution in [0.1, 0.15) is 15.9 Å². The molecule has 1 N–H and O–H groups in total. The number of piperazine rings is 1. The molecule has 2 aliphatic heterocycles. The number of H-pyrrole nitrogens is 1. The minimum atomic E-state index is -0.482. The summed E-state index contributed by atoms with van der Waals surface area (Å²) in [6, 6.07) is 13.6. The fraction of sp³-hybridized carbons (Fsp3) is 0.273. The number of anilines is 1. The molecular formula is C22H22N4O4. The van der Waals surface area contributed by atoms with Crippen LogP contribution in [0.3, 0.4) is 0 Å². The Kier molecular flexibility index (Phi) is 5.33. The number of carbonyl (C=O) groups is 1. The van der Waals surface area contributed by atoms with Crippen molar-refractivity contribution < 1.29 is 9.72 Å². The molecule has 0 unspecified atom stereocenters. The average molecular weight is 406 g/mol. The fourth-order valence-corrected chi connectivity index (χ4v) is 3.87. The molecular weight excluding hydrogens is 384 g/mol. The monoisotopic (exact) mass is 406 g/mol. The summed E-state index contributed by atoms with van der Waals surface area (Å²) in [4.78, 5) is 43.6. The molecule has 1 saturated heterocycles. The number of carbonyl (C=O) groups excluding carboxylic acids is 1. The van der Waals surface area contributed by atoms with Crippen LogP contribution in [-0.4, -0.2) is 53.8 Å². The molecule has 1 aromatic rings. The van der Waals surface area contributed by atoms with E-state index in [1.54, 1.807) is 42.5 Å². The molecule has 0 aromatic heterocycles. The Bertz CT molecular complexity index is 1130. The maximum Gasteiger partial charge on any atom is 0.273 e. The molecule has 0 amide bonds. The van der Waals surface area contributed by atoms with Gasteiger partial charge < -0.3 is 14.8 Å². The van der Waals surface area contributed by atoms with Crippen molar-refractivity contribution in [2.45, 2.75) is 6.42 Å². The Balaban J connectivity index is 1.68. The zero-order valence-electron chi connectivity index (χ0n) is 16.6. The topological polar surface area (TPSA) is 99.5 Å². The van der Waals surface area contributed by atoms with Gasteiger partial charge in [-0.15, -0.1) is 0 Å². The van der Waals surface area contributed by atoms with Gasteiger partial charge in [-0.1, -0.05) is 24.3 Å². The first-order chi connectivity index (χ1) is 14.4. The lowest BCUT2D eigenvalue weighted by Crippen LogP contribution is -2.44. The lowest BCUT2D eigenvalue weighted by atomic mass is 9.99. The number of fused-ring (bicyclic) bond motifs is 1. The van der Waals surface area contributed by atoms with Gasteiger partial charge in [-0.2, -0.15) is 0 Å². The summed E-state index contributed by atoms with van der Waals surface area (Å²) < 4.78 is 0. The van der Waals surface area contributed by atoms with Gasteiger partial charge in [-0.25, -0.2) is 0 Å². The first kappa shape index (κ1) is 19.8. The second kappa shape index (κ2) is 8.08. The highest BCUT2D eigenvalue weighted by Gasteiger charge is 2.25. The Labute approximate surface area is 173 Å². The maximum atomic E-state index is 13.1. The van der Waals surface area contributed by atoms with E-state index in [4.69, 9.17) is 0 Å². The molecule has 8 nitrogen and oxygen atoms in total. The van der Waals surface area contributed by atoms with Crippen LogP contribution in [0.2, 0.25) is 0 Å². The Morgan fingerprint density at radius 3 is 2.57 bits per heavy atom. The Hall–Kier alpha value is -3.52. The Morgan fingerprint density at radius 2 is 1.83 bits per heavy atom. The SMILES string of the molecule is CN1CCN(c2ccc([N+](=O)[O-])c(CC(=O)c3c4cccccc-4[nH]c3=O)c2)CC1. The number of aromatic nitrogens is 1. The van der Waals surface area contributed by atoms with Crippen LogP contribution in [0.15, 0.2) is 53.3 Å². The number of likely N-dealkylation sites (N-methyl/N-ethyl adjacent to an activating group) is 1. The van der Waals surface area contributed by atoms with Crippen LogP contribution in [0.5, 0.6) is 0 Å². The van der Waals surface area contributed by atoms with Gasteiger partial charge in [0.1, 0.15) is 0 Å². The van der Waals surface area contributed by atoms with Crippen LogP contribution in [-0.2, 0) is 6.42 Å². The quantitative estimate of drug-likeness (QED) is 0.397. The zero-order valence-corrected chi connectivity index (χ0v) is 16.6. The molecule has 154 valence electrons. The molecule has 0 saturated carbocycles. The molecule has 30 heavy (non-hydrogen) atoms. The van der Waals surface area contributed by atoms with E-state index >= 15 is 0 Å². The number of nitrogens with zero attached hydrogens (tertiary/aromatic N) is 3. The average Bonchev–Trinajstić information content (AvgIpc) is 2.87. The number of hydrogen-bond donors (Lipinski definition) is 1. The van der Waals surface area contributed by atoms with Crippen LogP contribution in [0.25, 0.3) is 11.3 Å². The maximum absolute atomic E-state index is 13.1. The molecule has 0 spiro atoms. The number of nitrogens with one attached hydrogen (secondary N) is 1. The van der Waals surface area contributed by atoms with Gasteiger partial charge in [-0.3, -0.25) is 19.7 Å². The molecule has 1 aromatic carbocycles. The van der Waals surface area contributed by atoms with E-state index in [0.29, 0.717) is 16.8 Å². The molecule has 3 aliphatic rings. The van der Waals surface area contributed by atoms with Crippen molar-refractivity contribution in [3.8, 4) is 11.3 Å². The number of benzene rings is 1. The van der Waals surface area contributed by atoms with Gasteiger partial charge in [0.2, 0.25) is 0 Å². The molecule has 2 heterocycles. The smallest absolute Gasteiger partial charge is 0.273 e. The number of aromatic amines is 1. The third-order valence-electron chi connectivity index (χ3n) is 5.54. The minimum absolute atomic E-state index is 0.0421. The highest BCUT2D eigenvalue weighted by atomic mass is 16.6. The highest BCUT2D eigenvalue weighted by molar-refractivity contribution is 6.03. The predicted octanol–water partition coefficient (Wildman–Crippen LogP) is 2.57. The van der Waals surface area contributed by atoms with Crippen molar-refractivity contribution in [3.63, 3.8) is 0 Å². The summed E-state index contributed by atoms with van der Waals surface area (Å²) >= 11 is 0. The number of nitro groups is 1. The first-order valence-corrected chi connectivity index (χ1v) is 9.79. The lowest BCUT2D eigenvalue weighted by Gasteiger charge is -2.34. The molecule has 0 bridgehead atoms. The van der Waals surface area contributed by atoms with E-state index in [9.17, 15) is 19.7 Å². The zero-order chi connectivity index (χ0) is 21.3. The Morgan fingerprint density at radius 1 is 1.10 bits per heavy atom. The second-order valence-electron chi connectivity index (χ2n) is 7.53. The van der Waals surface area contributed by atoms with E-state index in [1.807, 2.05) is 0 Å². The van der Waals surface area contributed by atoms with Crippen LogP contribution >= 0.6 is 0 Å².